The van der Waals surface area contributed by atoms with Crippen molar-refractivity contribution >= 4 is 28.9 Å². The Morgan fingerprint density at radius 1 is 1.50 bits per heavy atom. The molecule has 0 saturated carbocycles. The van der Waals surface area contributed by atoms with Crippen LogP contribution in [0.4, 0.5) is 5.69 Å². The Kier molecular flexibility index (Phi) is 2.82. The summed E-state index contributed by atoms with van der Waals surface area (Å²) in [4.78, 5) is 11.7. The first-order valence-corrected chi connectivity index (χ1v) is 5.92. The maximum atomic E-state index is 5.68. The first-order valence-electron chi connectivity index (χ1n) is 5.04. The van der Waals surface area contributed by atoms with Crippen molar-refractivity contribution in [3.8, 4) is 0 Å². The molecule has 1 aliphatic heterocycles. The lowest BCUT2D eigenvalue weighted by atomic mass is 10.4. The van der Waals surface area contributed by atoms with Gasteiger partial charge in [0.25, 0.3) is 0 Å². The van der Waals surface area contributed by atoms with Crippen LogP contribution in [0.3, 0.4) is 0 Å². The normalized spacial score (nSPS) is 19.8. The van der Waals surface area contributed by atoms with Gasteiger partial charge in [-0.2, -0.15) is 0 Å². The Balaban J connectivity index is 2.24. The predicted molar refractivity (Wildman–Crippen MR) is 69.1 cm³/mol. The molecule has 1 aromatic heterocycles. The molecule has 6 heteroatoms. The van der Waals surface area contributed by atoms with E-state index in [1.54, 1.807) is 11.3 Å². The minimum absolute atomic E-state index is 0.127. The summed E-state index contributed by atoms with van der Waals surface area (Å²) in [6, 6.07) is 2.07. The average molecular weight is 237 g/mol. The molecule has 2 rings (SSSR count). The number of hydrogen-bond donors (Lipinski definition) is 2. The molecule has 0 fully saturated rings. The van der Waals surface area contributed by atoms with E-state index in [0.29, 0.717) is 5.96 Å². The van der Waals surface area contributed by atoms with Crippen molar-refractivity contribution in [2.45, 2.75) is 20.0 Å². The van der Waals surface area contributed by atoms with Gasteiger partial charge in [-0.25, -0.2) is 9.98 Å². The molecule has 86 valence electrons. The van der Waals surface area contributed by atoms with E-state index in [0.717, 1.165) is 11.6 Å². The van der Waals surface area contributed by atoms with E-state index in [9.17, 15) is 0 Å². The standard InChI is InChI=1S/C10H15N5S/c1-6-8(4-5-16-6)15(3)10-13-7(2)12-9(11)14-10/h4-5,7H,1-3H3,(H3,11,12,13,14). The molecule has 5 nitrogen and oxygen atoms in total. The van der Waals surface area contributed by atoms with Gasteiger partial charge in [0.2, 0.25) is 5.96 Å². The highest BCUT2D eigenvalue weighted by molar-refractivity contribution is 7.10. The molecule has 0 aliphatic carbocycles. The fourth-order valence-corrected chi connectivity index (χ4v) is 2.32. The molecular formula is C10H15N5S. The van der Waals surface area contributed by atoms with Gasteiger partial charge in [-0.3, -0.25) is 5.32 Å². The summed E-state index contributed by atoms with van der Waals surface area (Å²) in [5.41, 5.74) is 6.82. The minimum atomic E-state index is -0.127. The fourth-order valence-electron chi connectivity index (χ4n) is 1.60. The summed E-state index contributed by atoms with van der Waals surface area (Å²) in [6.07, 6.45) is -0.127. The number of nitrogens with one attached hydrogen (secondary N) is 1. The summed E-state index contributed by atoms with van der Waals surface area (Å²) in [7, 11) is 1.96. The highest BCUT2D eigenvalue weighted by Gasteiger charge is 2.17. The number of anilines is 1. The first kappa shape index (κ1) is 10.9. The van der Waals surface area contributed by atoms with Gasteiger partial charge in [-0.05, 0) is 25.3 Å². The summed E-state index contributed by atoms with van der Waals surface area (Å²) in [5.74, 6) is 1.15. The maximum Gasteiger partial charge on any atom is 0.207 e. The van der Waals surface area contributed by atoms with E-state index in [2.05, 4.69) is 33.7 Å². The molecule has 0 saturated heterocycles. The fraction of sp³-hybridized carbons (Fsp3) is 0.400. The highest BCUT2D eigenvalue weighted by atomic mass is 32.1. The van der Waals surface area contributed by atoms with Gasteiger partial charge in [0.1, 0.15) is 6.17 Å². The second kappa shape index (κ2) is 4.13. The van der Waals surface area contributed by atoms with Crippen LogP contribution in [0, 0.1) is 6.92 Å². The Hall–Kier alpha value is -1.56. The number of aliphatic imine (C=N–C) groups is 2. The molecule has 0 bridgehead atoms. The van der Waals surface area contributed by atoms with E-state index < -0.39 is 0 Å². The largest absolute Gasteiger partial charge is 0.370 e. The Morgan fingerprint density at radius 2 is 2.25 bits per heavy atom. The zero-order valence-corrected chi connectivity index (χ0v) is 10.4. The third-order valence-corrected chi connectivity index (χ3v) is 3.22. The molecule has 1 atom stereocenters. The van der Waals surface area contributed by atoms with Crippen LogP contribution < -0.4 is 16.0 Å². The van der Waals surface area contributed by atoms with E-state index in [1.807, 2.05) is 18.9 Å². The molecule has 16 heavy (non-hydrogen) atoms. The summed E-state index contributed by atoms with van der Waals surface area (Å²) in [6.45, 7) is 3.99. The van der Waals surface area contributed by atoms with Crippen molar-refractivity contribution in [2.75, 3.05) is 11.9 Å². The average Bonchev–Trinajstić information content (AvgIpc) is 2.62. The van der Waals surface area contributed by atoms with Gasteiger partial charge >= 0.3 is 0 Å². The number of thiophene rings is 1. The number of nitrogens with zero attached hydrogens (tertiary/aromatic N) is 3. The molecule has 0 aromatic carbocycles. The van der Waals surface area contributed by atoms with Crippen LogP contribution in [0.1, 0.15) is 11.8 Å². The second-order valence-electron chi connectivity index (χ2n) is 3.64. The quantitative estimate of drug-likeness (QED) is 0.769. The number of rotatable bonds is 1. The van der Waals surface area contributed by atoms with Crippen molar-refractivity contribution < 1.29 is 0 Å². The van der Waals surface area contributed by atoms with Crippen molar-refractivity contribution in [2.24, 2.45) is 15.7 Å². The van der Waals surface area contributed by atoms with Crippen molar-refractivity contribution in [3.63, 3.8) is 0 Å². The van der Waals surface area contributed by atoms with Crippen LogP contribution in [-0.2, 0) is 0 Å². The number of hydrogen-bond acceptors (Lipinski definition) is 6. The number of guanidine groups is 2. The van der Waals surface area contributed by atoms with Crippen molar-refractivity contribution in [3.05, 3.63) is 16.3 Å². The highest BCUT2D eigenvalue weighted by Crippen LogP contribution is 2.24. The van der Waals surface area contributed by atoms with Crippen molar-refractivity contribution in [1.29, 1.82) is 0 Å². The molecule has 3 N–H and O–H groups in total. The zero-order valence-electron chi connectivity index (χ0n) is 9.56. The van der Waals surface area contributed by atoms with Gasteiger partial charge in [-0.1, -0.05) is 0 Å². The Bertz CT molecular complexity index is 448. The topological polar surface area (TPSA) is 66.0 Å². The van der Waals surface area contributed by atoms with E-state index >= 15 is 0 Å². The smallest absolute Gasteiger partial charge is 0.207 e. The summed E-state index contributed by atoms with van der Waals surface area (Å²) in [5, 5.41) is 5.03. The van der Waals surface area contributed by atoms with Gasteiger partial charge in [0, 0.05) is 11.9 Å². The summed E-state index contributed by atoms with van der Waals surface area (Å²) < 4.78 is 0. The number of aryl methyl sites for hydroxylation is 1. The number of nitrogens with two attached hydrogens (primary N) is 1. The third kappa shape index (κ3) is 2.01. The lowest BCUT2D eigenvalue weighted by Gasteiger charge is -2.25. The molecule has 0 radical (unpaired) electrons. The molecular weight excluding hydrogens is 222 g/mol. The molecule has 0 amide bonds. The Morgan fingerprint density at radius 3 is 2.81 bits per heavy atom. The monoisotopic (exact) mass is 237 g/mol. The van der Waals surface area contributed by atoms with Crippen LogP contribution in [0.25, 0.3) is 0 Å². The second-order valence-corrected chi connectivity index (χ2v) is 4.77. The van der Waals surface area contributed by atoms with Crippen LogP contribution in [0.5, 0.6) is 0 Å². The zero-order chi connectivity index (χ0) is 11.7. The molecule has 0 spiro atoms. The SMILES string of the molecule is Cc1sccc1N(C)C1=NC(C)N=C(N)N1. The van der Waals surface area contributed by atoms with Crippen LogP contribution in [-0.4, -0.2) is 25.1 Å². The van der Waals surface area contributed by atoms with Crippen LogP contribution >= 0.6 is 11.3 Å². The van der Waals surface area contributed by atoms with Crippen molar-refractivity contribution in [1.82, 2.24) is 5.32 Å². The first-order chi connectivity index (χ1) is 7.58. The molecule has 2 heterocycles. The van der Waals surface area contributed by atoms with Gasteiger partial charge in [0.15, 0.2) is 5.96 Å². The minimum Gasteiger partial charge on any atom is -0.370 e. The lowest BCUT2D eigenvalue weighted by Crippen LogP contribution is -2.48. The van der Waals surface area contributed by atoms with Crippen LogP contribution in [0.15, 0.2) is 21.4 Å². The van der Waals surface area contributed by atoms with Gasteiger partial charge in [0.05, 0.1) is 5.69 Å². The third-order valence-electron chi connectivity index (χ3n) is 2.39. The predicted octanol–water partition coefficient (Wildman–Crippen LogP) is 1.11. The maximum absolute atomic E-state index is 5.68. The molecule has 1 unspecified atom stereocenters. The van der Waals surface area contributed by atoms with Crippen LogP contribution in [0.2, 0.25) is 0 Å². The van der Waals surface area contributed by atoms with E-state index in [1.165, 1.54) is 4.88 Å². The molecule has 1 aromatic rings. The van der Waals surface area contributed by atoms with Gasteiger partial charge in [-0.15, -0.1) is 11.3 Å². The summed E-state index contributed by atoms with van der Waals surface area (Å²) >= 11 is 1.71. The van der Waals surface area contributed by atoms with E-state index in [4.69, 9.17) is 5.73 Å². The van der Waals surface area contributed by atoms with Gasteiger partial charge < -0.3 is 10.6 Å². The molecule has 1 aliphatic rings. The van der Waals surface area contributed by atoms with E-state index in [-0.39, 0.29) is 6.17 Å². The lowest BCUT2D eigenvalue weighted by molar-refractivity contribution is 0.760. The Labute approximate surface area is 98.7 Å².